The molecule has 8 heteroatoms. The Labute approximate surface area is 172 Å². The van der Waals surface area contributed by atoms with E-state index in [2.05, 4.69) is 38.8 Å². The lowest BCUT2D eigenvalue weighted by Gasteiger charge is -2.25. The highest BCUT2D eigenvalue weighted by Crippen LogP contribution is 2.34. The Balaban J connectivity index is 1.29. The van der Waals surface area contributed by atoms with Gasteiger partial charge < -0.3 is 9.88 Å². The van der Waals surface area contributed by atoms with Crippen LogP contribution in [-0.2, 0) is 19.5 Å². The maximum absolute atomic E-state index is 13.4. The van der Waals surface area contributed by atoms with Crippen LogP contribution in [0, 0.1) is 24.6 Å². The smallest absolute Gasteiger partial charge is 0.293 e. The van der Waals surface area contributed by atoms with Crippen molar-refractivity contribution in [3.8, 4) is 0 Å². The second kappa shape index (κ2) is 7.35. The van der Waals surface area contributed by atoms with Gasteiger partial charge in [-0.25, -0.2) is 4.39 Å². The van der Waals surface area contributed by atoms with Gasteiger partial charge in [0.15, 0.2) is 0 Å². The van der Waals surface area contributed by atoms with Gasteiger partial charge in [-0.1, -0.05) is 6.07 Å². The number of carbonyl (C=O) groups is 1. The molecule has 1 fully saturated rings. The van der Waals surface area contributed by atoms with E-state index in [0.717, 1.165) is 38.4 Å². The van der Waals surface area contributed by atoms with E-state index < -0.39 is 0 Å². The minimum atomic E-state index is -0.388. The fourth-order valence-corrected chi connectivity index (χ4v) is 5.39. The summed E-state index contributed by atoms with van der Waals surface area (Å²) in [6.07, 6.45) is 0.838. The summed E-state index contributed by atoms with van der Waals surface area (Å²) >= 11 is 1.82. The summed E-state index contributed by atoms with van der Waals surface area (Å²) in [5.74, 6) is 1.46. The van der Waals surface area contributed by atoms with E-state index in [1.54, 1.807) is 12.1 Å². The SMILES string of the molecule is Cc1ccsc1CN1C[C@@H]2Cc3nnc(C(=O)Nc4cccc(F)c4)n3C[C@@H]2C1. The number of halogens is 1. The highest BCUT2D eigenvalue weighted by molar-refractivity contribution is 7.10. The van der Waals surface area contributed by atoms with Crippen LogP contribution in [0.3, 0.4) is 0 Å². The van der Waals surface area contributed by atoms with E-state index in [4.69, 9.17) is 0 Å². The second-order valence-corrected chi connectivity index (χ2v) is 8.96. The molecule has 3 aromatic rings. The molecule has 2 aliphatic heterocycles. The van der Waals surface area contributed by atoms with Crippen molar-refractivity contribution in [1.29, 1.82) is 0 Å². The third kappa shape index (κ3) is 3.58. The zero-order valence-corrected chi connectivity index (χ0v) is 17.0. The number of carbonyl (C=O) groups excluding carboxylic acids is 1. The Hall–Kier alpha value is -2.58. The Kier molecular flexibility index (Phi) is 4.67. The number of nitrogens with zero attached hydrogens (tertiary/aromatic N) is 4. The van der Waals surface area contributed by atoms with Crippen molar-refractivity contribution >= 4 is 22.9 Å². The van der Waals surface area contributed by atoms with Crippen LogP contribution in [0.25, 0.3) is 0 Å². The first-order valence-electron chi connectivity index (χ1n) is 9.81. The van der Waals surface area contributed by atoms with Crippen molar-refractivity contribution in [1.82, 2.24) is 19.7 Å². The van der Waals surface area contributed by atoms with Crippen LogP contribution in [0.2, 0.25) is 0 Å². The van der Waals surface area contributed by atoms with Crippen LogP contribution in [0.15, 0.2) is 35.7 Å². The topological polar surface area (TPSA) is 63.1 Å². The molecule has 0 aliphatic carbocycles. The van der Waals surface area contributed by atoms with Gasteiger partial charge in [-0.05, 0) is 54.0 Å². The fraction of sp³-hybridized carbons (Fsp3) is 0.381. The third-order valence-electron chi connectivity index (χ3n) is 5.96. The lowest BCUT2D eigenvalue weighted by Crippen LogP contribution is -2.31. The Morgan fingerprint density at radius 2 is 2.10 bits per heavy atom. The molecule has 0 spiro atoms. The molecular weight excluding hydrogens is 389 g/mol. The van der Waals surface area contributed by atoms with Crippen LogP contribution < -0.4 is 5.32 Å². The molecule has 0 radical (unpaired) electrons. The minimum Gasteiger partial charge on any atom is -0.319 e. The van der Waals surface area contributed by atoms with Gasteiger partial charge in [-0.15, -0.1) is 21.5 Å². The summed E-state index contributed by atoms with van der Waals surface area (Å²) in [6.45, 7) is 5.98. The number of rotatable bonds is 4. The number of aromatic nitrogens is 3. The van der Waals surface area contributed by atoms with Gasteiger partial charge in [0.2, 0.25) is 5.82 Å². The number of fused-ring (bicyclic) bond motifs is 2. The van der Waals surface area contributed by atoms with Crippen molar-refractivity contribution < 1.29 is 9.18 Å². The number of amides is 1. The first-order valence-corrected chi connectivity index (χ1v) is 10.7. The number of benzene rings is 1. The lowest BCUT2D eigenvalue weighted by atomic mass is 9.89. The predicted octanol–water partition coefficient (Wildman–Crippen LogP) is 3.34. The number of nitrogens with one attached hydrogen (secondary N) is 1. The van der Waals surface area contributed by atoms with Gasteiger partial charge in [0.1, 0.15) is 11.6 Å². The summed E-state index contributed by atoms with van der Waals surface area (Å²) in [6, 6.07) is 8.04. The van der Waals surface area contributed by atoms with Gasteiger partial charge in [0, 0.05) is 43.2 Å². The summed E-state index contributed by atoms with van der Waals surface area (Å²) in [7, 11) is 0. The van der Waals surface area contributed by atoms with E-state index in [0.29, 0.717) is 23.3 Å². The lowest BCUT2D eigenvalue weighted by molar-refractivity contribution is 0.100. The average molecular weight is 412 g/mol. The molecule has 1 aromatic carbocycles. The number of thiophene rings is 1. The first-order chi connectivity index (χ1) is 14.1. The van der Waals surface area contributed by atoms with Crippen LogP contribution in [-0.4, -0.2) is 38.7 Å². The minimum absolute atomic E-state index is 0.301. The maximum atomic E-state index is 13.4. The molecule has 6 nitrogen and oxygen atoms in total. The number of aryl methyl sites for hydroxylation is 1. The average Bonchev–Trinajstić information content (AvgIpc) is 3.38. The molecule has 0 unspecified atom stereocenters. The standard InChI is InChI=1S/C21H22FN5OS/c1-13-5-6-29-18(13)12-26-9-14-7-19-24-25-20(27(19)11-15(14)10-26)21(28)23-17-4-2-3-16(22)8-17/h2-6,8,14-15H,7,9-12H2,1H3,(H,23,28)/t14-,15-/m0/s1. The summed E-state index contributed by atoms with van der Waals surface area (Å²) in [4.78, 5) is 16.6. The van der Waals surface area contributed by atoms with E-state index in [1.165, 1.54) is 22.6 Å². The Bertz CT molecular complexity index is 1060. The van der Waals surface area contributed by atoms with E-state index >= 15 is 0 Å². The van der Waals surface area contributed by atoms with Gasteiger partial charge in [-0.3, -0.25) is 9.69 Å². The number of anilines is 1. The molecule has 5 rings (SSSR count). The Morgan fingerprint density at radius 3 is 2.90 bits per heavy atom. The number of hydrogen-bond donors (Lipinski definition) is 1. The van der Waals surface area contributed by atoms with Crippen molar-refractivity contribution in [2.45, 2.75) is 26.4 Å². The molecule has 2 atom stereocenters. The summed E-state index contributed by atoms with van der Waals surface area (Å²) in [5, 5.41) is 13.3. The third-order valence-corrected chi connectivity index (χ3v) is 6.97. The largest absolute Gasteiger partial charge is 0.319 e. The predicted molar refractivity (Wildman–Crippen MR) is 109 cm³/mol. The molecule has 1 amide bonds. The molecule has 0 saturated carbocycles. The molecule has 2 aliphatic rings. The monoisotopic (exact) mass is 411 g/mol. The molecule has 1 N–H and O–H groups in total. The van der Waals surface area contributed by atoms with Crippen molar-refractivity contribution in [3.05, 3.63) is 63.6 Å². The first kappa shape index (κ1) is 18.4. The van der Waals surface area contributed by atoms with Crippen molar-refractivity contribution in [2.24, 2.45) is 11.8 Å². The zero-order chi connectivity index (χ0) is 20.0. The summed E-state index contributed by atoms with van der Waals surface area (Å²) < 4.78 is 15.3. The molecule has 2 aromatic heterocycles. The van der Waals surface area contributed by atoms with Crippen LogP contribution in [0.5, 0.6) is 0 Å². The van der Waals surface area contributed by atoms with E-state index in [-0.39, 0.29) is 11.7 Å². The van der Waals surface area contributed by atoms with Crippen LogP contribution in [0.1, 0.15) is 26.9 Å². The molecule has 1 saturated heterocycles. The maximum Gasteiger partial charge on any atom is 0.293 e. The van der Waals surface area contributed by atoms with Gasteiger partial charge >= 0.3 is 0 Å². The molecule has 4 heterocycles. The Morgan fingerprint density at radius 1 is 1.24 bits per heavy atom. The summed E-state index contributed by atoms with van der Waals surface area (Å²) in [5.41, 5.74) is 1.78. The van der Waals surface area contributed by atoms with Crippen LogP contribution >= 0.6 is 11.3 Å². The molecular formula is C21H22FN5OS. The van der Waals surface area contributed by atoms with E-state index in [9.17, 15) is 9.18 Å². The van der Waals surface area contributed by atoms with Crippen molar-refractivity contribution in [2.75, 3.05) is 18.4 Å². The highest BCUT2D eigenvalue weighted by atomic mass is 32.1. The van der Waals surface area contributed by atoms with E-state index in [1.807, 2.05) is 15.9 Å². The zero-order valence-electron chi connectivity index (χ0n) is 16.1. The quantitative estimate of drug-likeness (QED) is 0.715. The highest BCUT2D eigenvalue weighted by Gasteiger charge is 2.39. The molecule has 150 valence electrons. The molecule has 0 bridgehead atoms. The number of hydrogen-bond acceptors (Lipinski definition) is 5. The fourth-order valence-electron chi connectivity index (χ4n) is 4.44. The van der Waals surface area contributed by atoms with Gasteiger partial charge in [0.05, 0.1) is 0 Å². The molecule has 29 heavy (non-hydrogen) atoms. The van der Waals surface area contributed by atoms with Gasteiger partial charge in [0.25, 0.3) is 5.91 Å². The van der Waals surface area contributed by atoms with Crippen LogP contribution in [0.4, 0.5) is 10.1 Å². The van der Waals surface area contributed by atoms with Crippen molar-refractivity contribution in [3.63, 3.8) is 0 Å². The second-order valence-electron chi connectivity index (χ2n) is 7.96. The normalized spacial score (nSPS) is 21.0. The van der Waals surface area contributed by atoms with Gasteiger partial charge in [-0.2, -0.15) is 0 Å². The number of likely N-dealkylation sites (tertiary alicyclic amines) is 1.